The van der Waals surface area contributed by atoms with Gasteiger partial charge in [-0.2, -0.15) is 0 Å². The summed E-state index contributed by atoms with van der Waals surface area (Å²) in [4.78, 5) is 35.5. The summed E-state index contributed by atoms with van der Waals surface area (Å²) in [7, 11) is 3.52. The predicted molar refractivity (Wildman–Crippen MR) is 395 cm³/mol. The minimum Gasteiger partial charge on any atom is -0.491 e. The van der Waals surface area contributed by atoms with E-state index in [-0.39, 0.29) is 62.7 Å². The number of hydrogen-bond donors (Lipinski definition) is 9. The van der Waals surface area contributed by atoms with Crippen LogP contribution >= 0.6 is 34.0 Å². The number of nitrogens with one attached hydrogen (secondary N) is 2. The Morgan fingerprint density at radius 3 is 0.829 bits per heavy atom. The van der Waals surface area contributed by atoms with E-state index >= 15 is 0 Å². The van der Waals surface area contributed by atoms with E-state index in [0.717, 1.165) is 6.42 Å². The summed E-state index contributed by atoms with van der Waals surface area (Å²) in [6.45, 7) is 24.7. The summed E-state index contributed by atoms with van der Waals surface area (Å²) in [6.07, 6.45) is 2.95. The van der Waals surface area contributed by atoms with Gasteiger partial charge < -0.3 is 137 Å². The normalized spacial score (nSPS) is 11.3. The maximum Gasteiger partial charge on any atom is 0.407 e. The number of aliphatic hydroxyl groups excluding tert-OH is 6. The molecule has 0 saturated heterocycles. The molecule has 0 aliphatic rings. The fraction of sp³-hybridized carbons (Fsp3) is 0.754. The molecule has 3 rings (SSSR count). The Bertz CT molecular complexity index is 2430. The number of aliphatic hydroxyl groups is 6. The van der Waals surface area contributed by atoms with Crippen LogP contribution in [-0.4, -0.2) is 312 Å². The van der Waals surface area contributed by atoms with Crippen molar-refractivity contribution in [3.8, 4) is 17.2 Å². The number of carbonyl (C=O) groups is 2. The van der Waals surface area contributed by atoms with Crippen LogP contribution in [0.3, 0.4) is 0 Å². The molecule has 0 bridgehead atoms. The van der Waals surface area contributed by atoms with E-state index in [2.05, 4.69) is 39.4 Å². The van der Waals surface area contributed by atoms with E-state index in [1.54, 1.807) is 58.0 Å². The van der Waals surface area contributed by atoms with Crippen molar-refractivity contribution in [3.63, 3.8) is 0 Å². The quantitative estimate of drug-likeness (QED) is 0.0289. The molecule has 0 unspecified atom stereocenters. The van der Waals surface area contributed by atoms with E-state index in [1.807, 2.05) is 27.0 Å². The SMILES string of the molecule is CC(C)(C)OC(=O)NCCOCCOCCOCCOCCOCCOc1cc(CO)nc(CO)c1.CSSC(C)(C)CCC(=O)NCCOCCOCCOCCOCCOCCOc1cc(CO)nc(CO)c1.Cl.NCCOCCOCCOCCOCCOCCOc1cc(CO)nc(CO)c1. The van der Waals surface area contributed by atoms with E-state index in [1.165, 1.54) is 0 Å². The zero-order valence-electron chi connectivity index (χ0n) is 62.5. The van der Waals surface area contributed by atoms with Crippen LogP contribution in [0.4, 0.5) is 4.79 Å². The lowest BCUT2D eigenvalue weighted by atomic mass is 10.1. The number of alkyl carbamates (subject to hydrolysis) is 1. The van der Waals surface area contributed by atoms with Gasteiger partial charge in [-0.3, -0.25) is 19.7 Å². The van der Waals surface area contributed by atoms with Gasteiger partial charge in [0.15, 0.2) is 0 Å². The molecule has 0 radical (unpaired) electrons. The van der Waals surface area contributed by atoms with Crippen LogP contribution < -0.4 is 30.6 Å². The van der Waals surface area contributed by atoms with Gasteiger partial charge in [-0.15, -0.1) is 12.4 Å². The summed E-state index contributed by atoms with van der Waals surface area (Å²) in [5.74, 6) is 1.65. The van der Waals surface area contributed by atoms with Crippen molar-refractivity contribution in [1.82, 2.24) is 25.6 Å². The minimum atomic E-state index is -0.514. The summed E-state index contributed by atoms with van der Waals surface area (Å²) in [6, 6.07) is 9.75. The van der Waals surface area contributed by atoms with Crippen LogP contribution in [-0.2, 0) is 120 Å². The molecular formula is C69H123ClN6O27S2. The second-order valence-electron chi connectivity index (χ2n) is 23.1. The number of nitrogens with zero attached hydrogens (tertiary/aromatic N) is 3. The lowest BCUT2D eigenvalue weighted by Crippen LogP contribution is -2.34. The average Bonchev–Trinajstić information content (AvgIpc) is 0.896. The van der Waals surface area contributed by atoms with Crippen molar-refractivity contribution in [3.05, 3.63) is 70.6 Å². The third-order valence-corrected chi connectivity index (χ3v) is 15.3. The molecule has 3 heterocycles. The van der Waals surface area contributed by atoms with Crippen LogP contribution in [0, 0.1) is 0 Å². The number of amides is 2. The molecule has 610 valence electrons. The minimum absolute atomic E-state index is 0. The molecule has 0 aromatic carbocycles. The van der Waals surface area contributed by atoms with E-state index in [4.69, 9.17) is 106 Å². The highest BCUT2D eigenvalue weighted by Crippen LogP contribution is 2.37. The molecule has 33 nitrogen and oxygen atoms in total. The number of carbonyl (C=O) groups excluding carboxylic acids is 2. The molecule has 0 atom stereocenters. The summed E-state index contributed by atoms with van der Waals surface area (Å²) in [5.41, 5.74) is 7.46. The van der Waals surface area contributed by atoms with Crippen LogP contribution in [0.2, 0.25) is 0 Å². The van der Waals surface area contributed by atoms with Gasteiger partial charge in [0.1, 0.15) is 42.7 Å². The highest BCUT2D eigenvalue weighted by molar-refractivity contribution is 8.76. The Hall–Kier alpha value is -4.30. The molecule has 10 N–H and O–H groups in total. The molecule has 0 aliphatic carbocycles. The largest absolute Gasteiger partial charge is 0.491 e. The van der Waals surface area contributed by atoms with E-state index in [9.17, 15) is 30.0 Å². The third kappa shape index (κ3) is 64.3. The van der Waals surface area contributed by atoms with Crippen LogP contribution in [0.15, 0.2) is 36.4 Å². The first kappa shape index (κ1) is 101. The number of ether oxygens (including phenoxy) is 19. The molecular weight excluding hydrogens is 1440 g/mol. The standard InChI is InChI=1S/C26H46N2O9S2.C24H42N2O10.C19H34N2O8.ClH/c1-26(2,39-38-3)5-4-25(31)27-6-7-32-8-9-33-10-11-34-12-13-35-14-15-36-16-17-37-24-18-22(20-29)28-23(19-24)21-30;1-24(2,3)36-23(29)25-4-5-30-6-7-31-8-9-32-10-11-33-12-13-34-14-15-35-22-16-20(18-27)26-21(17-22)19-28;20-1-2-24-3-4-25-5-6-26-7-8-27-9-10-28-11-12-29-19-13-17(15-22)21-18(14-19)16-23;/h18-19,29-30H,4-17,20-21H2,1-3H3,(H,27,31);16-17,27-28H,4-15,18-19H2,1-3H3,(H,25,29);13-14,22-23H,1-12,15-16,20H2;1H. The summed E-state index contributed by atoms with van der Waals surface area (Å²) in [5, 5.41) is 60.5. The molecule has 105 heavy (non-hydrogen) atoms. The van der Waals surface area contributed by atoms with Gasteiger partial charge in [0, 0.05) is 67.2 Å². The Labute approximate surface area is 633 Å². The van der Waals surface area contributed by atoms with E-state index in [0.29, 0.717) is 295 Å². The number of halogens is 1. The van der Waals surface area contributed by atoms with Crippen molar-refractivity contribution < 1.29 is 130 Å². The van der Waals surface area contributed by atoms with Gasteiger partial charge in [0.2, 0.25) is 5.91 Å². The second-order valence-corrected chi connectivity index (χ2v) is 26.2. The lowest BCUT2D eigenvalue weighted by molar-refractivity contribution is -0.121. The third-order valence-electron chi connectivity index (χ3n) is 12.6. The van der Waals surface area contributed by atoms with Crippen molar-refractivity contribution >= 4 is 46.0 Å². The van der Waals surface area contributed by atoms with Crippen molar-refractivity contribution in [2.24, 2.45) is 5.73 Å². The topological polar surface area (TPSA) is 420 Å². The zero-order valence-corrected chi connectivity index (χ0v) is 64.9. The monoisotopic (exact) mass is 1570 g/mol. The first-order chi connectivity index (χ1) is 50.5. The fourth-order valence-electron chi connectivity index (χ4n) is 7.85. The zero-order chi connectivity index (χ0) is 76.1. The fourth-order valence-corrected chi connectivity index (χ4v) is 10.1. The first-order valence-electron chi connectivity index (χ1n) is 34.9. The highest BCUT2D eigenvalue weighted by atomic mass is 35.5. The second kappa shape index (κ2) is 71.3. The maximum atomic E-state index is 11.9. The van der Waals surface area contributed by atoms with Crippen molar-refractivity contribution in [1.29, 1.82) is 0 Å². The van der Waals surface area contributed by atoms with Gasteiger partial charge in [-0.1, -0.05) is 21.6 Å². The molecule has 2 amide bonds. The number of pyridine rings is 3. The van der Waals surface area contributed by atoms with Crippen molar-refractivity contribution in [2.75, 3.05) is 244 Å². The number of rotatable bonds is 67. The molecule has 3 aromatic heterocycles. The van der Waals surface area contributed by atoms with Gasteiger partial charge in [0.05, 0.1) is 272 Å². The maximum absolute atomic E-state index is 11.9. The van der Waals surface area contributed by atoms with Gasteiger partial charge >= 0.3 is 6.09 Å². The predicted octanol–water partition coefficient (Wildman–Crippen LogP) is 3.18. The number of nitrogens with two attached hydrogens (primary N) is 1. The van der Waals surface area contributed by atoms with Crippen LogP contribution in [0.5, 0.6) is 17.2 Å². The lowest BCUT2D eigenvalue weighted by Gasteiger charge is -2.21. The Morgan fingerprint density at radius 1 is 0.371 bits per heavy atom. The van der Waals surface area contributed by atoms with Gasteiger partial charge in [-0.25, -0.2) is 4.79 Å². The smallest absolute Gasteiger partial charge is 0.407 e. The molecule has 0 spiro atoms. The molecule has 0 fully saturated rings. The van der Waals surface area contributed by atoms with Crippen LogP contribution in [0.1, 0.15) is 81.6 Å². The first-order valence-corrected chi connectivity index (χ1v) is 37.4. The summed E-state index contributed by atoms with van der Waals surface area (Å²) >= 11 is 0. The molecule has 0 saturated carbocycles. The van der Waals surface area contributed by atoms with E-state index < -0.39 is 11.7 Å². The summed E-state index contributed by atoms with van der Waals surface area (Å²) < 4.78 is 103. The van der Waals surface area contributed by atoms with Gasteiger partial charge in [-0.05, 0) is 47.3 Å². The molecule has 3 aromatic rings. The molecule has 36 heteroatoms. The average molecular weight is 1570 g/mol. The van der Waals surface area contributed by atoms with Crippen LogP contribution in [0.25, 0.3) is 0 Å². The Balaban J connectivity index is 0.00000155. The van der Waals surface area contributed by atoms with Gasteiger partial charge in [0.25, 0.3) is 0 Å². The Morgan fingerprint density at radius 2 is 0.600 bits per heavy atom. The van der Waals surface area contributed by atoms with Crippen molar-refractivity contribution in [2.45, 2.75) is 97.4 Å². The number of hydrogen-bond acceptors (Lipinski definition) is 33. The highest BCUT2D eigenvalue weighted by Gasteiger charge is 2.20. The number of aromatic nitrogens is 3. The Kier molecular flexibility index (Phi) is 68.4. The molecule has 0 aliphatic heterocycles.